The van der Waals surface area contributed by atoms with Crippen LogP contribution in [0.15, 0.2) is 41.3 Å². The highest BCUT2D eigenvalue weighted by atomic mass is 35.5. The summed E-state index contributed by atoms with van der Waals surface area (Å²) in [4.78, 5) is 22.1. The molecular weight excluding hydrogens is 432 g/mol. The highest BCUT2D eigenvalue weighted by molar-refractivity contribution is 6.32. The highest BCUT2D eigenvalue weighted by Gasteiger charge is 2.31. The number of benzene rings is 1. The molecule has 2 rings (SSSR count). The molecule has 30 heavy (non-hydrogen) atoms. The van der Waals surface area contributed by atoms with Crippen molar-refractivity contribution in [3.63, 3.8) is 0 Å². The van der Waals surface area contributed by atoms with Gasteiger partial charge in [0.05, 0.1) is 17.5 Å². The zero-order valence-electron chi connectivity index (χ0n) is 15.0. The Hall–Kier alpha value is -3.41. The first-order valence-corrected chi connectivity index (χ1v) is 8.50. The number of anilines is 2. The molecular formula is C17H15ClF4N6O2. The minimum Gasteiger partial charge on any atom is -0.480 e. The van der Waals surface area contributed by atoms with E-state index < -0.39 is 30.1 Å². The molecule has 0 fully saturated rings. The van der Waals surface area contributed by atoms with Crippen molar-refractivity contribution in [3.05, 3.63) is 58.3 Å². The van der Waals surface area contributed by atoms with E-state index in [0.29, 0.717) is 6.07 Å². The van der Waals surface area contributed by atoms with Crippen molar-refractivity contribution in [2.75, 3.05) is 17.2 Å². The number of rotatable bonds is 8. The number of halogens is 5. The molecule has 1 aromatic heterocycles. The number of aromatic nitrogens is 2. The first-order chi connectivity index (χ1) is 14.1. The molecule has 160 valence electrons. The molecule has 0 spiro atoms. The number of nitrogens with two attached hydrogens (primary N) is 1. The van der Waals surface area contributed by atoms with Gasteiger partial charge in [-0.15, -0.1) is 0 Å². The number of allylic oxidation sites excluding steroid dienone is 1. The van der Waals surface area contributed by atoms with Crippen LogP contribution in [0.1, 0.15) is 11.1 Å². The highest BCUT2D eigenvalue weighted by Crippen LogP contribution is 2.30. The molecule has 0 aliphatic heterocycles. The second-order valence-electron chi connectivity index (χ2n) is 5.70. The summed E-state index contributed by atoms with van der Waals surface area (Å²) >= 11 is 5.99. The van der Waals surface area contributed by atoms with Gasteiger partial charge in [0, 0.05) is 19.0 Å². The van der Waals surface area contributed by atoms with Crippen molar-refractivity contribution in [1.82, 2.24) is 9.97 Å². The first-order valence-electron chi connectivity index (χ1n) is 8.12. The predicted molar refractivity (Wildman–Crippen MR) is 103 cm³/mol. The van der Waals surface area contributed by atoms with Crippen molar-refractivity contribution in [2.45, 2.75) is 12.7 Å². The number of hydrogen-bond donors (Lipinski definition) is 4. The summed E-state index contributed by atoms with van der Waals surface area (Å²) < 4.78 is 52.0. The normalized spacial score (nSPS) is 12.2. The maximum atomic E-state index is 13.5. The number of carboxylic acid groups (broad SMARTS) is 1. The van der Waals surface area contributed by atoms with Crippen molar-refractivity contribution >= 4 is 35.6 Å². The Labute approximate surface area is 172 Å². The summed E-state index contributed by atoms with van der Waals surface area (Å²) in [6.07, 6.45) is -1.21. The Bertz CT molecular complexity index is 981. The van der Waals surface area contributed by atoms with E-state index in [-0.39, 0.29) is 34.6 Å². The van der Waals surface area contributed by atoms with Gasteiger partial charge in [0.2, 0.25) is 5.95 Å². The number of nitrogens with zero attached hydrogens (tertiary/aromatic N) is 3. The van der Waals surface area contributed by atoms with Crippen LogP contribution in [0.2, 0.25) is 5.02 Å². The van der Waals surface area contributed by atoms with E-state index in [4.69, 9.17) is 22.4 Å². The molecule has 1 heterocycles. The summed E-state index contributed by atoms with van der Waals surface area (Å²) in [5.74, 6) is -2.11. The zero-order valence-corrected chi connectivity index (χ0v) is 15.8. The van der Waals surface area contributed by atoms with Crippen LogP contribution in [0, 0.1) is 5.82 Å². The van der Waals surface area contributed by atoms with Gasteiger partial charge in [-0.05, 0) is 23.8 Å². The van der Waals surface area contributed by atoms with Gasteiger partial charge in [0.25, 0.3) is 0 Å². The third kappa shape index (κ3) is 6.88. The van der Waals surface area contributed by atoms with E-state index in [1.165, 1.54) is 6.20 Å². The fourth-order valence-corrected chi connectivity index (χ4v) is 2.28. The largest absolute Gasteiger partial charge is 0.480 e. The van der Waals surface area contributed by atoms with Crippen LogP contribution < -0.4 is 16.4 Å². The predicted octanol–water partition coefficient (Wildman–Crippen LogP) is 3.27. The molecule has 0 saturated heterocycles. The molecule has 1 aromatic carbocycles. The zero-order chi connectivity index (χ0) is 22.3. The molecule has 13 heteroatoms. The lowest BCUT2D eigenvalue weighted by Crippen LogP contribution is -2.11. The van der Waals surface area contributed by atoms with Crippen molar-refractivity contribution in [1.29, 1.82) is 0 Å². The third-order valence-electron chi connectivity index (χ3n) is 3.38. The average Bonchev–Trinajstić information content (AvgIpc) is 2.66. The maximum absolute atomic E-state index is 13.5. The summed E-state index contributed by atoms with van der Waals surface area (Å²) in [5.41, 5.74) is 4.51. The van der Waals surface area contributed by atoms with Crippen LogP contribution in [0.4, 0.5) is 29.3 Å². The van der Waals surface area contributed by atoms with Gasteiger partial charge < -0.3 is 21.5 Å². The minimum absolute atomic E-state index is 0.00408. The Morgan fingerprint density at radius 2 is 2.07 bits per heavy atom. The average molecular weight is 447 g/mol. The van der Waals surface area contributed by atoms with E-state index in [1.54, 1.807) is 0 Å². The second-order valence-corrected chi connectivity index (χ2v) is 6.11. The maximum Gasteiger partial charge on any atom is 0.416 e. The molecule has 0 saturated carbocycles. The Morgan fingerprint density at radius 1 is 1.33 bits per heavy atom. The molecule has 0 radical (unpaired) electrons. The van der Waals surface area contributed by atoms with Crippen LogP contribution >= 0.6 is 11.6 Å². The summed E-state index contributed by atoms with van der Waals surface area (Å²) in [5, 5.41) is 14.0. The van der Waals surface area contributed by atoms with Crippen LogP contribution in [-0.4, -0.2) is 33.8 Å². The second kappa shape index (κ2) is 9.87. The number of aliphatic carboxylic acids is 1. The lowest BCUT2D eigenvalue weighted by Gasteiger charge is -2.12. The van der Waals surface area contributed by atoms with Crippen LogP contribution in [0.25, 0.3) is 0 Å². The smallest absolute Gasteiger partial charge is 0.416 e. The fraction of sp³-hybridized carbons (Fsp3) is 0.176. The van der Waals surface area contributed by atoms with E-state index in [9.17, 15) is 22.4 Å². The van der Waals surface area contributed by atoms with Gasteiger partial charge >= 0.3 is 12.1 Å². The van der Waals surface area contributed by atoms with Crippen LogP contribution in [0.5, 0.6) is 0 Å². The Kier molecular flexibility index (Phi) is 7.53. The van der Waals surface area contributed by atoms with Gasteiger partial charge in [0.1, 0.15) is 17.4 Å². The van der Waals surface area contributed by atoms with Gasteiger partial charge in [0.15, 0.2) is 5.82 Å². The van der Waals surface area contributed by atoms with Crippen molar-refractivity contribution in [3.8, 4) is 0 Å². The molecule has 0 unspecified atom stereocenters. The van der Waals surface area contributed by atoms with Gasteiger partial charge in [-0.2, -0.15) is 18.2 Å². The Balaban J connectivity index is 2.13. The first kappa shape index (κ1) is 22.9. The molecule has 0 atom stereocenters. The summed E-state index contributed by atoms with van der Waals surface area (Å²) in [6, 6.07) is 2.15. The minimum atomic E-state index is -4.69. The topological polar surface area (TPSA) is 126 Å². The number of carbonyl (C=O) groups is 1. The number of nitrogens with one attached hydrogen (secondary N) is 2. The van der Waals surface area contributed by atoms with Gasteiger partial charge in [-0.3, -0.25) is 9.79 Å². The monoisotopic (exact) mass is 446 g/mol. The fourth-order valence-electron chi connectivity index (χ4n) is 2.12. The van der Waals surface area contributed by atoms with E-state index >= 15 is 0 Å². The Morgan fingerprint density at radius 3 is 2.70 bits per heavy atom. The molecule has 0 aliphatic carbocycles. The number of alkyl halides is 3. The summed E-state index contributed by atoms with van der Waals surface area (Å²) in [7, 11) is 0. The van der Waals surface area contributed by atoms with Gasteiger partial charge in [-0.25, -0.2) is 9.37 Å². The van der Waals surface area contributed by atoms with Crippen LogP contribution in [0.3, 0.4) is 0 Å². The number of hydrogen-bond acceptors (Lipinski definition) is 7. The quantitative estimate of drug-likeness (QED) is 0.362. The molecule has 2 aromatic rings. The van der Waals surface area contributed by atoms with E-state index in [2.05, 4.69) is 25.6 Å². The molecule has 8 nitrogen and oxygen atoms in total. The molecule has 0 amide bonds. The lowest BCUT2D eigenvalue weighted by atomic mass is 10.1. The van der Waals surface area contributed by atoms with E-state index in [0.717, 1.165) is 24.5 Å². The van der Waals surface area contributed by atoms with Crippen LogP contribution in [-0.2, 0) is 17.5 Å². The molecule has 0 aliphatic rings. The summed E-state index contributed by atoms with van der Waals surface area (Å²) in [6.45, 7) is -0.669. The van der Waals surface area contributed by atoms with Crippen molar-refractivity contribution < 1.29 is 27.5 Å². The van der Waals surface area contributed by atoms with E-state index in [1.807, 2.05) is 0 Å². The van der Waals surface area contributed by atoms with Crippen molar-refractivity contribution in [2.24, 2.45) is 10.7 Å². The number of aliphatic imine (C=N–C) groups is 1. The standard InChI is InChI=1S/C17H15ClF4N6O2/c18-13-7-26-16(27-12(4-23)6-24-8-14(29)30)28-15(13)25-5-9-1-10(17(20,21)22)3-11(19)2-9/h1-4,6-7H,5,8,23H2,(H,29,30)(H2,25,26,27,28). The molecule has 5 N–H and O–H groups in total. The lowest BCUT2D eigenvalue weighted by molar-refractivity contribution is -0.138. The SMILES string of the molecule is NC=C(C=NCC(=O)O)Nc1ncc(Cl)c(NCc2cc(F)cc(C(F)(F)F)c2)n1. The van der Waals surface area contributed by atoms with Gasteiger partial charge in [-0.1, -0.05) is 11.6 Å². The third-order valence-corrected chi connectivity index (χ3v) is 3.66. The number of carboxylic acids is 1. The molecule has 0 bridgehead atoms.